The number of rotatable bonds is 10. The van der Waals surface area contributed by atoms with Gasteiger partial charge < -0.3 is 19.4 Å². The fraction of sp³-hybridized carbons (Fsp3) is 0.375. The lowest BCUT2D eigenvalue weighted by atomic mass is 10.1. The number of nitrogens with zero attached hydrogens (tertiary/aromatic N) is 3. The molecule has 0 saturated heterocycles. The van der Waals surface area contributed by atoms with E-state index in [9.17, 15) is 4.79 Å². The summed E-state index contributed by atoms with van der Waals surface area (Å²) in [7, 11) is 1.61. The zero-order valence-corrected chi connectivity index (χ0v) is 20.0. The lowest BCUT2D eigenvalue weighted by molar-refractivity contribution is -0.118. The van der Waals surface area contributed by atoms with Crippen molar-refractivity contribution >= 4 is 17.7 Å². The van der Waals surface area contributed by atoms with Crippen LogP contribution in [0, 0.1) is 6.92 Å². The molecule has 3 rings (SSSR count). The van der Waals surface area contributed by atoms with E-state index < -0.39 is 0 Å². The van der Waals surface area contributed by atoms with Crippen molar-refractivity contribution in [3.05, 3.63) is 65.5 Å². The molecule has 3 aromatic rings. The zero-order chi connectivity index (χ0) is 23.1. The molecule has 2 aromatic carbocycles. The Morgan fingerprint density at radius 3 is 2.41 bits per heavy atom. The van der Waals surface area contributed by atoms with Crippen molar-refractivity contribution in [1.29, 1.82) is 0 Å². The van der Waals surface area contributed by atoms with Crippen molar-refractivity contribution < 1.29 is 14.3 Å². The SMILES string of the molecule is COc1ccccc1OC(C)c1nnc(SCC(=O)NCc2ccc(C)cc2)n1C(C)C. The summed E-state index contributed by atoms with van der Waals surface area (Å²) < 4.78 is 13.5. The van der Waals surface area contributed by atoms with Crippen LogP contribution < -0.4 is 14.8 Å². The van der Waals surface area contributed by atoms with E-state index in [1.54, 1.807) is 7.11 Å². The lowest BCUT2D eigenvalue weighted by Gasteiger charge is -2.19. The van der Waals surface area contributed by atoms with Crippen LogP contribution in [0.25, 0.3) is 0 Å². The van der Waals surface area contributed by atoms with Gasteiger partial charge in [0.1, 0.15) is 0 Å². The van der Waals surface area contributed by atoms with E-state index in [0.29, 0.717) is 29.0 Å². The van der Waals surface area contributed by atoms with Crippen molar-refractivity contribution in [3.8, 4) is 11.5 Å². The predicted octanol–water partition coefficient (Wildman–Crippen LogP) is 4.72. The number of aryl methyl sites for hydroxylation is 1. The maximum Gasteiger partial charge on any atom is 0.230 e. The number of hydrogen-bond acceptors (Lipinski definition) is 6. The second-order valence-corrected chi connectivity index (χ2v) is 8.71. The Hall–Kier alpha value is -3.00. The lowest BCUT2D eigenvalue weighted by Crippen LogP contribution is -2.24. The molecule has 1 atom stereocenters. The quantitative estimate of drug-likeness (QED) is 0.447. The second kappa shape index (κ2) is 11.0. The normalized spacial score (nSPS) is 11.9. The summed E-state index contributed by atoms with van der Waals surface area (Å²) in [5.41, 5.74) is 2.27. The summed E-state index contributed by atoms with van der Waals surface area (Å²) in [5, 5.41) is 12.3. The first kappa shape index (κ1) is 23.7. The summed E-state index contributed by atoms with van der Waals surface area (Å²) >= 11 is 1.37. The number of ether oxygens (including phenoxy) is 2. The number of carbonyl (C=O) groups excluding carboxylic acids is 1. The Labute approximate surface area is 193 Å². The topological polar surface area (TPSA) is 78.3 Å². The maximum absolute atomic E-state index is 12.4. The van der Waals surface area contributed by atoms with E-state index in [0.717, 1.165) is 5.56 Å². The van der Waals surface area contributed by atoms with Crippen LogP contribution >= 0.6 is 11.8 Å². The highest BCUT2D eigenvalue weighted by molar-refractivity contribution is 7.99. The molecular weight excluding hydrogens is 424 g/mol. The number of carbonyl (C=O) groups is 1. The van der Waals surface area contributed by atoms with Gasteiger partial charge in [-0.15, -0.1) is 10.2 Å². The molecule has 1 amide bonds. The van der Waals surface area contributed by atoms with Crippen molar-refractivity contribution in [2.75, 3.05) is 12.9 Å². The first-order valence-electron chi connectivity index (χ1n) is 10.6. The summed E-state index contributed by atoms with van der Waals surface area (Å²) in [6.45, 7) is 8.60. The molecule has 0 fully saturated rings. The number of benzene rings is 2. The van der Waals surface area contributed by atoms with Crippen LogP contribution in [0.5, 0.6) is 11.5 Å². The van der Waals surface area contributed by atoms with Crippen LogP contribution in [0.15, 0.2) is 53.7 Å². The van der Waals surface area contributed by atoms with E-state index in [4.69, 9.17) is 9.47 Å². The highest BCUT2D eigenvalue weighted by atomic mass is 32.2. The molecule has 0 radical (unpaired) electrons. The molecule has 8 heteroatoms. The molecule has 0 bridgehead atoms. The molecule has 0 aliphatic heterocycles. The molecule has 0 saturated carbocycles. The van der Waals surface area contributed by atoms with E-state index >= 15 is 0 Å². The third-order valence-electron chi connectivity index (χ3n) is 4.89. The van der Waals surface area contributed by atoms with Crippen LogP contribution in [0.3, 0.4) is 0 Å². The Bertz CT molecular complexity index is 1030. The second-order valence-electron chi connectivity index (χ2n) is 7.77. The Kier molecular flexibility index (Phi) is 8.16. The molecule has 1 N–H and O–H groups in total. The van der Waals surface area contributed by atoms with Crippen molar-refractivity contribution in [2.45, 2.75) is 51.5 Å². The molecule has 170 valence electrons. The van der Waals surface area contributed by atoms with Crippen molar-refractivity contribution in [3.63, 3.8) is 0 Å². The molecule has 1 heterocycles. The van der Waals surface area contributed by atoms with Gasteiger partial charge in [0.2, 0.25) is 5.91 Å². The summed E-state index contributed by atoms with van der Waals surface area (Å²) in [6, 6.07) is 15.7. The van der Waals surface area contributed by atoms with Gasteiger partial charge in [0.25, 0.3) is 0 Å². The molecule has 0 spiro atoms. The minimum absolute atomic E-state index is 0.0475. The van der Waals surface area contributed by atoms with Crippen LogP contribution in [0.1, 0.15) is 49.9 Å². The van der Waals surface area contributed by atoms with Gasteiger partial charge in [0.05, 0.1) is 12.9 Å². The smallest absolute Gasteiger partial charge is 0.230 e. The van der Waals surface area contributed by atoms with E-state index in [1.165, 1.54) is 17.3 Å². The van der Waals surface area contributed by atoms with Crippen molar-refractivity contribution in [1.82, 2.24) is 20.1 Å². The van der Waals surface area contributed by atoms with Crippen LogP contribution in [0.4, 0.5) is 0 Å². The highest BCUT2D eigenvalue weighted by Crippen LogP contribution is 2.32. The predicted molar refractivity (Wildman–Crippen MR) is 126 cm³/mol. The number of nitrogens with one attached hydrogen (secondary N) is 1. The first-order valence-corrected chi connectivity index (χ1v) is 11.6. The number of amides is 1. The van der Waals surface area contributed by atoms with Gasteiger partial charge in [-0.25, -0.2) is 0 Å². The average molecular weight is 455 g/mol. The van der Waals surface area contributed by atoms with Gasteiger partial charge >= 0.3 is 0 Å². The molecule has 1 unspecified atom stereocenters. The third-order valence-corrected chi connectivity index (χ3v) is 5.83. The maximum atomic E-state index is 12.4. The van der Waals surface area contributed by atoms with E-state index in [-0.39, 0.29) is 23.8 Å². The summed E-state index contributed by atoms with van der Waals surface area (Å²) in [6.07, 6.45) is -0.342. The van der Waals surface area contributed by atoms with Gasteiger partial charge in [0, 0.05) is 12.6 Å². The van der Waals surface area contributed by atoms with Gasteiger partial charge in [-0.2, -0.15) is 0 Å². The summed E-state index contributed by atoms with van der Waals surface area (Å²) in [4.78, 5) is 12.4. The Morgan fingerprint density at radius 2 is 1.75 bits per heavy atom. The van der Waals surface area contributed by atoms with Crippen molar-refractivity contribution in [2.24, 2.45) is 0 Å². The Morgan fingerprint density at radius 1 is 1.06 bits per heavy atom. The van der Waals surface area contributed by atoms with E-state index in [2.05, 4.69) is 29.4 Å². The van der Waals surface area contributed by atoms with Crippen LogP contribution in [-0.2, 0) is 11.3 Å². The molecule has 1 aromatic heterocycles. The minimum Gasteiger partial charge on any atom is -0.493 e. The van der Waals surface area contributed by atoms with Gasteiger partial charge in [0.15, 0.2) is 28.6 Å². The molecule has 0 aliphatic carbocycles. The fourth-order valence-corrected chi connectivity index (χ4v) is 4.10. The third kappa shape index (κ3) is 6.03. The number of hydrogen-bond donors (Lipinski definition) is 1. The van der Waals surface area contributed by atoms with Gasteiger partial charge in [-0.05, 0) is 45.4 Å². The first-order chi connectivity index (χ1) is 15.4. The van der Waals surface area contributed by atoms with Crippen LogP contribution in [-0.4, -0.2) is 33.5 Å². The monoisotopic (exact) mass is 454 g/mol. The number of methoxy groups -OCH3 is 1. The highest BCUT2D eigenvalue weighted by Gasteiger charge is 2.22. The number of para-hydroxylation sites is 2. The van der Waals surface area contributed by atoms with Gasteiger partial charge in [-0.3, -0.25) is 4.79 Å². The van der Waals surface area contributed by atoms with Gasteiger partial charge in [-0.1, -0.05) is 53.7 Å². The zero-order valence-electron chi connectivity index (χ0n) is 19.2. The van der Waals surface area contributed by atoms with E-state index in [1.807, 2.05) is 66.9 Å². The largest absolute Gasteiger partial charge is 0.493 e. The fourth-order valence-electron chi connectivity index (χ4n) is 3.20. The molecule has 32 heavy (non-hydrogen) atoms. The minimum atomic E-state index is -0.342. The molecule has 0 aliphatic rings. The summed E-state index contributed by atoms with van der Waals surface area (Å²) in [5.74, 6) is 2.22. The average Bonchev–Trinajstić information content (AvgIpc) is 3.22. The molecule has 7 nitrogen and oxygen atoms in total. The Balaban J connectivity index is 1.63. The number of aromatic nitrogens is 3. The standard InChI is InChI=1S/C24H30N4O3S/c1-16(2)28-23(18(4)31-21-9-7-6-8-20(21)30-5)26-27-24(28)32-15-22(29)25-14-19-12-10-17(3)11-13-19/h6-13,16,18H,14-15H2,1-5H3,(H,25,29). The number of thioether (sulfide) groups is 1. The van der Waals surface area contributed by atoms with Crippen LogP contribution in [0.2, 0.25) is 0 Å². The molecular formula is C24H30N4O3S.